The normalized spacial score (nSPS) is 17.5. The Balaban J connectivity index is 1.04. The number of methoxy groups -OCH3 is 3. The Morgan fingerprint density at radius 1 is 0.787 bits per heavy atom. The highest BCUT2D eigenvalue weighted by Crippen LogP contribution is 2.58. The van der Waals surface area contributed by atoms with Crippen molar-refractivity contribution < 1.29 is 33.4 Å². The molecule has 2 aromatic heterocycles. The van der Waals surface area contributed by atoms with Crippen LogP contribution in [0.4, 0.5) is 9.59 Å². The molecule has 1 saturated carbocycles. The SMILES string of the molecule is CCN(C(=O)[C@@H](NC(=O)OC)C(C)C)[C@@H](C)c1ncc(-c2ccc(-c3ccc4cc(-c5cnc([C@@H]6CC7(CC7)CN6C(=O)[C@@H](NC(=O)OC)C(C)OC)[nH]5)ccc4c3)cc2)[nH]1. The number of H-pyrrole nitrogens is 2. The van der Waals surface area contributed by atoms with Crippen molar-refractivity contribution in [2.75, 3.05) is 34.4 Å². The minimum absolute atomic E-state index is 0.0758. The number of fused-ring (bicyclic) bond motifs is 1. The molecule has 15 nitrogen and oxygen atoms in total. The van der Waals surface area contributed by atoms with Gasteiger partial charge in [0.15, 0.2) is 0 Å². The topological polar surface area (TPSA) is 184 Å². The molecule has 4 N–H and O–H groups in total. The molecule has 2 fully saturated rings. The van der Waals surface area contributed by atoms with Gasteiger partial charge in [-0.3, -0.25) is 9.59 Å². The van der Waals surface area contributed by atoms with Crippen LogP contribution in [0, 0.1) is 11.3 Å². The van der Waals surface area contributed by atoms with Crippen molar-refractivity contribution in [2.45, 2.75) is 84.2 Å². The largest absolute Gasteiger partial charge is 0.453 e. The van der Waals surface area contributed by atoms with E-state index in [2.05, 4.69) is 86.2 Å². The highest BCUT2D eigenvalue weighted by molar-refractivity contribution is 5.91. The van der Waals surface area contributed by atoms with Crippen LogP contribution in [-0.4, -0.2) is 106 Å². The number of alkyl carbamates (subject to hydrolysis) is 2. The first-order valence-corrected chi connectivity index (χ1v) is 20.9. The third-order valence-corrected chi connectivity index (χ3v) is 12.4. The number of aromatic nitrogens is 4. The van der Waals surface area contributed by atoms with Gasteiger partial charge in [0.25, 0.3) is 0 Å². The molecular weight excluding hydrogens is 777 g/mol. The number of aromatic amines is 2. The first kappa shape index (κ1) is 42.9. The average molecular weight is 833 g/mol. The van der Waals surface area contributed by atoms with Gasteiger partial charge in [-0.1, -0.05) is 62.4 Å². The molecule has 1 spiro atoms. The van der Waals surface area contributed by atoms with E-state index in [0.717, 1.165) is 69.5 Å². The van der Waals surface area contributed by atoms with Crippen LogP contribution in [0.5, 0.6) is 0 Å². The molecule has 1 aliphatic heterocycles. The number of ether oxygens (including phenoxy) is 3. The fourth-order valence-electron chi connectivity index (χ4n) is 8.38. The highest BCUT2D eigenvalue weighted by Gasteiger charge is 2.55. The fourth-order valence-corrected chi connectivity index (χ4v) is 8.38. The van der Waals surface area contributed by atoms with E-state index in [9.17, 15) is 19.2 Å². The number of benzene rings is 3. The van der Waals surface area contributed by atoms with Crippen LogP contribution in [0.3, 0.4) is 0 Å². The number of nitrogens with one attached hydrogen (secondary N) is 4. The number of carbonyl (C=O) groups excluding carboxylic acids is 4. The minimum atomic E-state index is -0.897. The van der Waals surface area contributed by atoms with Crippen molar-refractivity contribution in [1.82, 2.24) is 40.4 Å². The van der Waals surface area contributed by atoms with Crippen molar-refractivity contribution in [1.29, 1.82) is 0 Å². The maximum Gasteiger partial charge on any atom is 0.407 e. The molecule has 1 aliphatic carbocycles. The van der Waals surface area contributed by atoms with E-state index in [1.807, 2.05) is 38.8 Å². The van der Waals surface area contributed by atoms with E-state index < -0.39 is 30.4 Å². The third-order valence-electron chi connectivity index (χ3n) is 12.4. The lowest BCUT2D eigenvalue weighted by molar-refractivity contribution is -0.138. The number of likely N-dealkylation sites (tertiary alicyclic amines) is 1. The van der Waals surface area contributed by atoms with Gasteiger partial charge in [-0.15, -0.1) is 0 Å². The van der Waals surface area contributed by atoms with Gasteiger partial charge in [0.2, 0.25) is 11.8 Å². The van der Waals surface area contributed by atoms with Gasteiger partial charge in [-0.05, 0) is 91.0 Å². The molecule has 1 unspecified atom stereocenters. The molecule has 3 aromatic carbocycles. The van der Waals surface area contributed by atoms with Crippen LogP contribution in [0.2, 0.25) is 0 Å². The summed E-state index contributed by atoms with van der Waals surface area (Å²) in [6.45, 7) is 10.4. The van der Waals surface area contributed by atoms with E-state index in [1.54, 1.807) is 18.0 Å². The van der Waals surface area contributed by atoms with E-state index in [-0.39, 0.29) is 35.2 Å². The van der Waals surface area contributed by atoms with Crippen LogP contribution in [-0.2, 0) is 23.8 Å². The number of imidazole rings is 2. The van der Waals surface area contributed by atoms with Gasteiger partial charge in [-0.25, -0.2) is 19.6 Å². The molecule has 1 saturated heterocycles. The van der Waals surface area contributed by atoms with Crippen LogP contribution < -0.4 is 10.6 Å². The number of hydrogen-bond acceptors (Lipinski definition) is 9. The Bertz CT molecular complexity index is 2390. The molecule has 15 heteroatoms. The molecule has 5 atom stereocenters. The lowest BCUT2D eigenvalue weighted by Gasteiger charge is -2.32. The summed E-state index contributed by atoms with van der Waals surface area (Å²) in [5, 5.41) is 7.52. The average Bonchev–Trinajstić information content (AvgIpc) is 3.61. The second kappa shape index (κ2) is 17.8. The molecule has 4 amide bonds. The molecule has 322 valence electrons. The number of rotatable bonds is 14. The Morgan fingerprint density at radius 3 is 1.97 bits per heavy atom. The molecule has 7 rings (SSSR count). The van der Waals surface area contributed by atoms with Gasteiger partial charge < -0.3 is 44.6 Å². The number of hydrogen-bond donors (Lipinski definition) is 4. The molecule has 0 bridgehead atoms. The fraction of sp³-hybridized carbons (Fsp3) is 0.435. The maximum absolute atomic E-state index is 14.0. The van der Waals surface area contributed by atoms with E-state index in [1.165, 1.54) is 21.3 Å². The predicted molar refractivity (Wildman–Crippen MR) is 231 cm³/mol. The molecule has 2 aliphatic rings. The van der Waals surface area contributed by atoms with Crippen molar-refractivity contribution in [3.63, 3.8) is 0 Å². The van der Waals surface area contributed by atoms with E-state index >= 15 is 0 Å². The standard InChI is InChI=1S/C46H56N8O7/c1-9-53(42(55)38(26(2)3)51-44(57)60-7)27(4)40-47-23-35(49-40)30-12-10-29(11-13-30)31-14-15-33-21-34(17-16-32(33)20-31)36-24-48-41(50-36)37-22-46(18-19-46)25-54(37)43(56)39(28(5)59-6)52-45(58)61-8/h10-17,20-21,23-24,26-28,37-39H,9,18-19,22,25H2,1-8H3,(H,47,49)(H,48,50)(H,51,57)(H,52,58)/t27-,28?,37-,38-,39-/m0/s1. The first-order chi connectivity index (χ1) is 29.3. The summed E-state index contributed by atoms with van der Waals surface area (Å²) in [5.74, 6) is 0.811. The van der Waals surface area contributed by atoms with Gasteiger partial charge in [0.05, 0.1) is 56.2 Å². The Hall–Kier alpha value is -6.22. The zero-order valence-corrected chi connectivity index (χ0v) is 36.1. The van der Waals surface area contributed by atoms with Crippen molar-refractivity contribution in [3.05, 3.63) is 84.7 Å². The Kier molecular flexibility index (Phi) is 12.5. The van der Waals surface area contributed by atoms with Gasteiger partial charge >= 0.3 is 12.2 Å². The molecule has 0 radical (unpaired) electrons. The number of amides is 4. The molecular formula is C46H56N8O7. The number of carbonyl (C=O) groups is 4. The second-order valence-corrected chi connectivity index (χ2v) is 16.6. The van der Waals surface area contributed by atoms with E-state index in [4.69, 9.17) is 19.2 Å². The highest BCUT2D eigenvalue weighted by atomic mass is 16.5. The molecule has 3 heterocycles. The van der Waals surface area contributed by atoms with Crippen LogP contribution in [0.15, 0.2) is 73.1 Å². The zero-order chi connectivity index (χ0) is 43.6. The van der Waals surface area contributed by atoms with Crippen LogP contribution in [0.1, 0.15) is 77.6 Å². The van der Waals surface area contributed by atoms with Crippen LogP contribution >= 0.6 is 0 Å². The quantitative estimate of drug-likeness (QED) is 0.0886. The zero-order valence-electron chi connectivity index (χ0n) is 36.1. The predicted octanol–water partition coefficient (Wildman–Crippen LogP) is 7.39. The van der Waals surface area contributed by atoms with Gasteiger partial charge in [-0.2, -0.15) is 0 Å². The maximum atomic E-state index is 14.0. The molecule has 5 aromatic rings. The number of nitrogens with zero attached hydrogens (tertiary/aromatic N) is 4. The van der Waals surface area contributed by atoms with Gasteiger partial charge in [0, 0.05) is 25.8 Å². The lowest BCUT2D eigenvalue weighted by atomic mass is 9.98. The summed E-state index contributed by atoms with van der Waals surface area (Å²) in [7, 11) is 4.07. The minimum Gasteiger partial charge on any atom is -0.453 e. The van der Waals surface area contributed by atoms with Crippen molar-refractivity contribution in [3.8, 4) is 33.6 Å². The summed E-state index contributed by atoms with van der Waals surface area (Å²) in [5.41, 5.74) is 5.85. The van der Waals surface area contributed by atoms with Gasteiger partial charge in [0.1, 0.15) is 23.7 Å². The van der Waals surface area contributed by atoms with Crippen molar-refractivity contribution >= 4 is 34.8 Å². The summed E-state index contributed by atoms with van der Waals surface area (Å²) in [6.07, 6.45) is 4.63. The monoisotopic (exact) mass is 832 g/mol. The second-order valence-electron chi connectivity index (χ2n) is 16.6. The molecule has 61 heavy (non-hydrogen) atoms. The summed E-state index contributed by atoms with van der Waals surface area (Å²) < 4.78 is 15.0. The number of likely N-dealkylation sites (N-methyl/N-ethyl adjacent to an activating group) is 1. The van der Waals surface area contributed by atoms with Crippen molar-refractivity contribution in [2.24, 2.45) is 11.3 Å². The van der Waals surface area contributed by atoms with Crippen LogP contribution in [0.25, 0.3) is 44.4 Å². The lowest BCUT2D eigenvalue weighted by Crippen LogP contribution is -2.54. The summed E-state index contributed by atoms with van der Waals surface area (Å²) >= 11 is 0. The Morgan fingerprint density at radius 2 is 1.36 bits per heavy atom. The third kappa shape index (κ3) is 8.97. The summed E-state index contributed by atoms with van der Waals surface area (Å²) in [6, 6.07) is 18.8. The van der Waals surface area contributed by atoms with E-state index in [0.29, 0.717) is 18.9 Å². The Labute approximate surface area is 355 Å². The smallest absolute Gasteiger partial charge is 0.407 e. The summed E-state index contributed by atoms with van der Waals surface area (Å²) in [4.78, 5) is 71.5. The first-order valence-electron chi connectivity index (χ1n) is 20.9.